The van der Waals surface area contributed by atoms with E-state index in [9.17, 15) is 9.59 Å². The van der Waals surface area contributed by atoms with Crippen molar-refractivity contribution in [2.24, 2.45) is 11.8 Å². The van der Waals surface area contributed by atoms with E-state index in [0.29, 0.717) is 11.7 Å². The van der Waals surface area contributed by atoms with Gasteiger partial charge in [0, 0.05) is 43.3 Å². The molecule has 1 saturated carbocycles. The van der Waals surface area contributed by atoms with Gasteiger partial charge in [-0.15, -0.1) is 0 Å². The summed E-state index contributed by atoms with van der Waals surface area (Å²) < 4.78 is 5.48. The monoisotopic (exact) mass is 615 g/mol. The molecule has 1 aromatic heterocycles. The summed E-state index contributed by atoms with van der Waals surface area (Å²) in [6.45, 7) is 8.15. The molecule has 8 heteroatoms. The first-order valence-corrected chi connectivity index (χ1v) is 16.5. The van der Waals surface area contributed by atoms with E-state index in [2.05, 4.69) is 48.3 Å². The Hall–Kier alpha value is -3.91. The molecule has 8 nitrogen and oxygen atoms in total. The van der Waals surface area contributed by atoms with Crippen molar-refractivity contribution in [1.29, 1.82) is 0 Å². The van der Waals surface area contributed by atoms with Crippen LogP contribution >= 0.6 is 0 Å². The van der Waals surface area contributed by atoms with Crippen LogP contribution in [0.4, 0.5) is 11.4 Å². The summed E-state index contributed by atoms with van der Waals surface area (Å²) in [5.41, 5.74) is 4.27. The summed E-state index contributed by atoms with van der Waals surface area (Å²) in [6.07, 6.45) is 11.5. The molecule has 1 aliphatic heterocycles. The average Bonchev–Trinajstić information content (AvgIpc) is 3.59. The molecule has 2 amide bonds. The van der Waals surface area contributed by atoms with E-state index in [1.165, 1.54) is 43.2 Å². The second kappa shape index (κ2) is 17.0. The molecule has 0 spiro atoms. The van der Waals surface area contributed by atoms with Crippen LogP contribution in [0, 0.1) is 18.8 Å². The Balaban J connectivity index is 0.00000109. The molecule has 0 bridgehead atoms. The lowest BCUT2D eigenvalue weighted by Gasteiger charge is -2.38. The van der Waals surface area contributed by atoms with Gasteiger partial charge in [-0.2, -0.15) is 0 Å². The van der Waals surface area contributed by atoms with E-state index in [4.69, 9.17) is 14.3 Å². The number of amides is 2. The number of carboxylic acid groups (broad SMARTS) is 1. The van der Waals surface area contributed by atoms with Crippen LogP contribution in [0.15, 0.2) is 71.3 Å². The van der Waals surface area contributed by atoms with Gasteiger partial charge in [-0.1, -0.05) is 62.1 Å². The summed E-state index contributed by atoms with van der Waals surface area (Å²) in [6, 6.07) is 20.1. The molecule has 2 aromatic carbocycles. The Kier molecular flexibility index (Phi) is 12.8. The first kappa shape index (κ1) is 34.0. The van der Waals surface area contributed by atoms with E-state index < -0.39 is 5.97 Å². The second-order valence-electron chi connectivity index (χ2n) is 12.5. The molecule has 5 rings (SSSR count). The fourth-order valence-corrected chi connectivity index (χ4v) is 6.57. The minimum Gasteiger partial charge on any atom is -0.481 e. The van der Waals surface area contributed by atoms with Gasteiger partial charge in [0.05, 0.1) is 6.26 Å². The maximum atomic E-state index is 13.4. The van der Waals surface area contributed by atoms with Crippen LogP contribution in [0.2, 0.25) is 0 Å². The summed E-state index contributed by atoms with van der Waals surface area (Å²) in [5.74, 6) is 0.202. The molecule has 2 heterocycles. The highest BCUT2D eigenvalue weighted by Crippen LogP contribution is 2.31. The maximum absolute atomic E-state index is 13.4. The van der Waals surface area contributed by atoms with Crippen LogP contribution in [-0.4, -0.2) is 53.5 Å². The lowest BCUT2D eigenvalue weighted by Crippen LogP contribution is -2.47. The molecule has 3 aromatic rings. The van der Waals surface area contributed by atoms with Gasteiger partial charge in [0.15, 0.2) is 5.76 Å². The Morgan fingerprint density at radius 2 is 1.62 bits per heavy atom. The van der Waals surface area contributed by atoms with Crippen LogP contribution in [-0.2, 0) is 16.0 Å². The number of hydrogen-bond acceptors (Lipinski definition) is 5. The number of likely N-dealkylation sites (tertiary alicyclic amines) is 1. The third kappa shape index (κ3) is 10.0. The molecule has 45 heavy (non-hydrogen) atoms. The zero-order chi connectivity index (χ0) is 32.2. The van der Waals surface area contributed by atoms with Gasteiger partial charge in [-0.05, 0) is 93.8 Å². The number of hydrogen-bond donors (Lipinski definition) is 2. The van der Waals surface area contributed by atoms with Crippen LogP contribution in [0.3, 0.4) is 0 Å². The van der Waals surface area contributed by atoms with E-state index in [1.807, 2.05) is 29.2 Å². The SMILES string of the molecule is CC(=O)O.Cc1ccc(N(C(=O)c2ccco2)C2CCN(CCCc3ccccc3NC(=O)C(C)C3CCCCC3)CC2)cc1. The predicted molar refractivity (Wildman–Crippen MR) is 179 cm³/mol. The van der Waals surface area contributed by atoms with Gasteiger partial charge >= 0.3 is 0 Å². The fraction of sp³-hybridized carbons (Fsp3) is 0.486. The standard InChI is InChI=1S/C35H45N3O3.C2H4O2/c1-26-16-18-30(19-17-26)38(35(40)33-15-9-25-41-33)31-20-23-37(24-21-31)22-8-13-29-12-6-7-14-32(29)36-34(39)27(2)28-10-4-3-5-11-28;1-2(3)4/h6-7,9,12,14-19,25,27-28,31H,3-5,8,10-11,13,20-24H2,1-2H3,(H,36,39);1H3,(H,3,4). The molecule has 2 N–H and O–H groups in total. The van der Waals surface area contributed by atoms with Crippen LogP contribution in [0.1, 0.15) is 86.9 Å². The van der Waals surface area contributed by atoms with Crippen molar-refractivity contribution in [1.82, 2.24) is 4.90 Å². The molecular weight excluding hydrogens is 566 g/mol. The minimum atomic E-state index is -0.833. The third-order valence-electron chi connectivity index (χ3n) is 9.15. The van der Waals surface area contributed by atoms with E-state index in [-0.39, 0.29) is 23.8 Å². The van der Waals surface area contributed by atoms with E-state index in [0.717, 1.165) is 63.6 Å². The normalized spacial score (nSPS) is 16.7. The van der Waals surface area contributed by atoms with Crippen LogP contribution in [0.25, 0.3) is 0 Å². The van der Waals surface area contributed by atoms with Crippen molar-refractivity contribution < 1.29 is 23.9 Å². The maximum Gasteiger partial charge on any atom is 0.300 e. The number of carboxylic acids is 1. The number of rotatable bonds is 10. The highest BCUT2D eigenvalue weighted by Gasteiger charge is 2.31. The Morgan fingerprint density at radius 1 is 0.956 bits per heavy atom. The number of carbonyl (C=O) groups is 3. The first-order chi connectivity index (χ1) is 21.7. The fourth-order valence-electron chi connectivity index (χ4n) is 6.57. The molecule has 2 aliphatic rings. The zero-order valence-electron chi connectivity index (χ0n) is 27.0. The van der Waals surface area contributed by atoms with Gasteiger partial charge < -0.3 is 24.6 Å². The quantitative estimate of drug-likeness (QED) is 0.244. The Morgan fingerprint density at radius 3 is 2.27 bits per heavy atom. The highest BCUT2D eigenvalue weighted by molar-refractivity contribution is 6.04. The number of furan rings is 1. The topological polar surface area (TPSA) is 103 Å². The van der Waals surface area contributed by atoms with Crippen molar-refractivity contribution >= 4 is 29.2 Å². The Labute approximate surface area is 267 Å². The van der Waals surface area contributed by atoms with Gasteiger partial charge in [0.2, 0.25) is 5.91 Å². The number of nitrogens with one attached hydrogen (secondary N) is 1. The summed E-state index contributed by atoms with van der Waals surface area (Å²) >= 11 is 0. The van der Waals surface area contributed by atoms with Gasteiger partial charge in [-0.3, -0.25) is 14.4 Å². The van der Waals surface area contributed by atoms with Gasteiger partial charge in [-0.25, -0.2) is 0 Å². The lowest BCUT2D eigenvalue weighted by molar-refractivity contribution is -0.134. The summed E-state index contributed by atoms with van der Waals surface area (Å²) in [7, 11) is 0. The summed E-state index contributed by atoms with van der Waals surface area (Å²) in [5, 5.41) is 10.7. The van der Waals surface area contributed by atoms with Crippen LogP contribution < -0.4 is 10.2 Å². The number of aryl methyl sites for hydroxylation is 2. The number of carbonyl (C=O) groups excluding carboxylic acids is 2. The molecule has 1 atom stereocenters. The molecule has 1 saturated heterocycles. The van der Waals surface area contributed by atoms with Crippen molar-refractivity contribution in [3.05, 3.63) is 83.8 Å². The average molecular weight is 616 g/mol. The second-order valence-corrected chi connectivity index (χ2v) is 12.5. The molecular formula is C37H49N3O5. The van der Waals surface area contributed by atoms with Crippen molar-refractivity contribution in [3.63, 3.8) is 0 Å². The molecule has 1 aliphatic carbocycles. The molecule has 2 fully saturated rings. The molecule has 1 unspecified atom stereocenters. The highest BCUT2D eigenvalue weighted by atomic mass is 16.4. The number of aliphatic carboxylic acids is 1. The van der Waals surface area contributed by atoms with Gasteiger partial charge in [0.1, 0.15) is 0 Å². The number of benzene rings is 2. The van der Waals surface area contributed by atoms with Crippen molar-refractivity contribution in [2.45, 2.75) is 84.6 Å². The van der Waals surface area contributed by atoms with Crippen LogP contribution in [0.5, 0.6) is 0 Å². The Bertz CT molecular complexity index is 1350. The van der Waals surface area contributed by atoms with Crippen molar-refractivity contribution in [2.75, 3.05) is 29.9 Å². The molecule has 0 radical (unpaired) electrons. The zero-order valence-corrected chi connectivity index (χ0v) is 27.0. The van der Waals surface area contributed by atoms with Gasteiger partial charge in [0.25, 0.3) is 11.9 Å². The van der Waals surface area contributed by atoms with E-state index >= 15 is 0 Å². The summed E-state index contributed by atoms with van der Waals surface area (Å²) in [4.78, 5) is 39.9. The minimum absolute atomic E-state index is 0.0591. The predicted octanol–water partition coefficient (Wildman–Crippen LogP) is 7.58. The smallest absolute Gasteiger partial charge is 0.300 e. The number of nitrogens with zero attached hydrogens (tertiary/aromatic N) is 2. The first-order valence-electron chi connectivity index (χ1n) is 16.5. The third-order valence-corrected chi connectivity index (χ3v) is 9.15. The number of para-hydroxylation sites is 1. The molecule has 242 valence electrons. The number of anilines is 2. The lowest BCUT2D eigenvalue weighted by atomic mass is 9.80. The number of piperidine rings is 1. The largest absolute Gasteiger partial charge is 0.481 e. The van der Waals surface area contributed by atoms with Crippen molar-refractivity contribution in [3.8, 4) is 0 Å². The van der Waals surface area contributed by atoms with E-state index in [1.54, 1.807) is 18.4 Å².